The topological polar surface area (TPSA) is 69.5 Å². The number of fused-ring (bicyclic) bond motifs is 1. The molecule has 2 rings (SSSR count). The number of hydrogen-bond acceptors (Lipinski definition) is 6. The number of nitrogens with zero attached hydrogens (tertiary/aromatic N) is 3. The third-order valence-electron chi connectivity index (χ3n) is 3.45. The number of aromatic nitrogens is 2. The summed E-state index contributed by atoms with van der Waals surface area (Å²) in [4.78, 5) is 12.9. The number of anilines is 1. The van der Waals surface area contributed by atoms with Gasteiger partial charge in [0.2, 0.25) is 0 Å². The van der Waals surface area contributed by atoms with Crippen molar-refractivity contribution in [3.05, 3.63) is 17.3 Å². The quantitative estimate of drug-likeness (QED) is 0.848. The zero-order valence-electron chi connectivity index (χ0n) is 12.1. The van der Waals surface area contributed by atoms with Gasteiger partial charge in [0.05, 0.1) is 18.6 Å². The Hall–Kier alpha value is -1.24. The largest absolute Gasteiger partial charge is 0.396 e. The molecule has 0 amide bonds. The van der Waals surface area contributed by atoms with Gasteiger partial charge in [0.25, 0.3) is 0 Å². The van der Waals surface area contributed by atoms with Crippen molar-refractivity contribution in [3.63, 3.8) is 0 Å². The SMILES string of the molecule is CCc1cc2c(N(C)CC(C)(CO)CO)ncnc2s1. The number of aliphatic hydroxyl groups is 2. The Morgan fingerprint density at radius 3 is 2.60 bits per heavy atom. The number of aryl methyl sites for hydroxylation is 1. The van der Waals surface area contributed by atoms with Crippen LogP contribution in [0, 0.1) is 5.41 Å². The molecule has 0 fully saturated rings. The van der Waals surface area contributed by atoms with Crippen LogP contribution in [0.15, 0.2) is 12.4 Å². The van der Waals surface area contributed by atoms with Gasteiger partial charge in [0, 0.05) is 23.9 Å². The Labute approximate surface area is 122 Å². The first kappa shape index (κ1) is 15.2. The zero-order valence-corrected chi connectivity index (χ0v) is 12.9. The summed E-state index contributed by atoms with van der Waals surface area (Å²) in [5.74, 6) is 0.846. The van der Waals surface area contributed by atoms with Crippen LogP contribution >= 0.6 is 11.3 Å². The van der Waals surface area contributed by atoms with E-state index in [9.17, 15) is 10.2 Å². The van der Waals surface area contributed by atoms with Crippen LogP contribution in [0.25, 0.3) is 10.2 Å². The maximum absolute atomic E-state index is 9.42. The molecule has 2 heterocycles. The first-order valence-corrected chi connectivity index (χ1v) is 7.51. The lowest BCUT2D eigenvalue weighted by molar-refractivity contribution is 0.0762. The highest BCUT2D eigenvalue weighted by Crippen LogP contribution is 2.31. The Kier molecular flexibility index (Phi) is 4.57. The van der Waals surface area contributed by atoms with Crippen LogP contribution in [-0.4, -0.2) is 47.0 Å². The van der Waals surface area contributed by atoms with E-state index in [1.54, 1.807) is 17.7 Å². The molecule has 0 aromatic carbocycles. The molecule has 0 bridgehead atoms. The molecular weight excluding hydrogens is 274 g/mol. The normalized spacial score (nSPS) is 12.1. The minimum Gasteiger partial charge on any atom is -0.396 e. The first-order chi connectivity index (χ1) is 9.53. The van der Waals surface area contributed by atoms with Crippen molar-refractivity contribution in [2.75, 3.05) is 31.7 Å². The molecule has 0 saturated heterocycles. The van der Waals surface area contributed by atoms with Crippen molar-refractivity contribution >= 4 is 27.4 Å². The fourth-order valence-electron chi connectivity index (χ4n) is 2.17. The highest BCUT2D eigenvalue weighted by Gasteiger charge is 2.26. The molecule has 0 spiro atoms. The Morgan fingerprint density at radius 2 is 2.00 bits per heavy atom. The fraction of sp³-hybridized carbons (Fsp3) is 0.571. The smallest absolute Gasteiger partial charge is 0.140 e. The number of thiophene rings is 1. The van der Waals surface area contributed by atoms with E-state index >= 15 is 0 Å². The lowest BCUT2D eigenvalue weighted by Gasteiger charge is -2.31. The van der Waals surface area contributed by atoms with Crippen LogP contribution in [0.5, 0.6) is 0 Å². The van der Waals surface area contributed by atoms with Crippen LogP contribution in [0.2, 0.25) is 0 Å². The van der Waals surface area contributed by atoms with Crippen molar-refractivity contribution in [2.24, 2.45) is 5.41 Å². The van der Waals surface area contributed by atoms with E-state index in [0.717, 1.165) is 22.5 Å². The van der Waals surface area contributed by atoms with Gasteiger partial charge in [-0.05, 0) is 12.5 Å². The van der Waals surface area contributed by atoms with Gasteiger partial charge in [-0.1, -0.05) is 13.8 Å². The van der Waals surface area contributed by atoms with E-state index in [-0.39, 0.29) is 13.2 Å². The van der Waals surface area contributed by atoms with E-state index in [1.165, 1.54) is 4.88 Å². The van der Waals surface area contributed by atoms with Gasteiger partial charge in [0.1, 0.15) is 17.0 Å². The molecule has 0 aliphatic heterocycles. The highest BCUT2D eigenvalue weighted by molar-refractivity contribution is 7.18. The van der Waals surface area contributed by atoms with Crippen molar-refractivity contribution in [1.29, 1.82) is 0 Å². The third-order valence-corrected chi connectivity index (χ3v) is 4.64. The Morgan fingerprint density at radius 1 is 1.30 bits per heavy atom. The molecule has 2 aromatic rings. The molecule has 20 heavy (non-hydrogen) atoms. The van der Waals surface area contributed by atoms with Gasteiger partial charge in [0.15, 0.2) is 0 Å². The molecule has 2 N–H and O–H groups in total. The van der Waals surface area contributed by atoms with Crippen molar-refractivity contribution in [1.82, 2.24) is 9.97 Å². The standard InChI is InChI=1S/C14H21N3O2S/c1-4-10-5-11-12(15-9-16-13(11)20-10)17(3)6-14(2,7-18)8-19/h5,9,18-19H,4,6-8H2,1-3H3. The predicted molar refractivity (Wildman–Crippen MR) is 82.3 cm³/mol. The summed E-state index contributed by atoms with van der Waals surface area (Å²) in [6.45, 7) is 4.38. The van der Waals surface area contributed by atoms with Gasteiger partial charge in [-0.25, -0.2) is 9.97 Å². The summed E-state index contributed by atoms with van der Waals surface area (Å²) in [5, 5.41) is 19.9. The summed E-state index contributed by atoms with van der Waals surface area (Å²) >= 11 is 1.68. The second-order valence-electron chi connectivity index (χ2n) is 5.47. The summed E-state index contributed by atoms with van der Waals surface area (Å²) < 4.78 is 0. The van der Waals surface area contributed by atoms with Crippen LogP contribution < -0.4 is 4.90 Å². The molecule has 0 saturated carbocycles. The van der Waals surface area contributed by atoms with Gasteiger partial charge >= 0.3 is 0 Å². The van der Waals surface area contributed by atoms with E-state index in [4.69, 9.17) is 0 Å². The average molecular weight is 295 g/mol. The lowest BCUT2D eigenvalue weighted by Crippen LogP contribution is -2.39. The molecule has 2 aromatic heterocycles. The van der Waals surface area contributed by atoms with Gasteiger partial charge in [-0.15, -0.1) is 11.3 Å². The fourth-order valence-corrected chi connectivity index (χ4v) is 3.10. The molecule has 110 valence electrons. The molecule has 0 unspecified atom stereocenters. The number of rotatable bonds is 6. The molecular formula is C14H21N3O2S. The Balaban J connectivity index is 2.34. The zero-order chi connectivity index (χ0) is 14.8. The Bertz CT molecular complexity index is 581. The van der Waals surface area contributed by atoms with Gasteiger partial charge in [-0.2, -0.15) is 0 Å². The average Bonchev–Trinajstić information content (AvgIpc) is 2.89. The van der Waals surface area contributed by atoms with Crippen LogP contribution in [0.1, 0.15) is 18.7 Å². The van der Waals surface area contributed by atoms with Gasteiger partial charge < -0.3 is 15.1 Å². The second-order valence-corrected chi connectivity index (χ2v) is 6.58. The highest BCUT2D eigenvalue weighted by atomic mass is 32.1. The molecule has 0 aliphatic rings. The summed E-state index contributed by atoms with van der Waals surface area (Å²) in [6, 6.07) is 2.13. The molecule has 0 atom stereocenters. The van der Waals surface area contributed by atoms with Crippen LogP contribution in [-0.2, 0) is 6.42 Å². The molecule has 5 nitrogen and oxygen atoms in total. The summed E-state index contributed by atoms with van der Waals surface area (Å²) in [5.41, 5.74) is -0.546. The number of hydrogen-bond donors (Lipinski definition) is 2. The molecule has 0 radical (unpaired) electrons. The van der Waals surface area contributed by atoms with Crippen LogP contribution in [0.3, 0.4) is 0 Å². The minimum atomic E-state index is -0.546. The number of aliphatic hydroxyl groups excluding tert-OH is 2. The third kappa shape index (κ3) is 2.92. The maximum atomic E-state index is 9.42. The second kappa shape index (κ2) is 6.03. The van der Waals surface area contributed by atoms with Crippen molar-refractivity contribution in [2.45, 2.75) is 20.3 Å². The molecule has 0 aliphatic carbocycles. The maximum Gasteiger partial charge on any atom is 0.140 e. The predicted octanol–water partition coefficient (Wildman–Crippen LogP) is 1.68. The summed E-state index contributed by atoms with van der Waals surface area (Å²) in [6.07, 6.45) is 2.55. The summed E-state index contributed by atoms with van der Waals surface area (Å²) in [7, 11) is 1.93. The minimum absolute atomic E-state index is 0.0636. The van der Waals surface area contributed by atoms with E-state index in [1.807, 2.05) is 18.9 Å². The van der Waals surface area contributed by atoms with E-state index < -0.39 is 5.41 Å². The van der Waals surface area contributed by atoms with Crippen LogP contribution in [0.4, 0.5) is 5.82 Å². The molecule has 6 heteroatoms. The van der Waals surface area contributed by atoms with E-state index in [2.05, 4.69) is 23.0 Å². The van der Waals surface area contributed by atoms with Gasteiger partial charge in [-0.3, -0.25) is 0 Å². The van der Waals surface area contributed by atoms with Crippen molar-refractivity contribution < 1.29 is 10.2 Å². The first-order valence-electron chi connectivity index (χ1n) is 6.69. The lowest BCUT2D eigenvalue weighted by atomic mass is 9.92. The monoisotopic (exact) mass is 295 g/mol. The van der Waals surface area contributed by atoms with Crippen molar-refractivity contribution in [3.8, 4) is 0 Å². The van der Waals surface area contributed by atoms with E-state index in [0.29, 0.717) is 6.54 Å².